The predicted molar refractivity (Wildman–Crippen MR) is 46.7 cm³/mol. The Bertz CT molecular complexity index is 348. The summed E-state index contributed by atoms with van der Waals surface area (Å²) in [5, 5.41) is 27.4. The highest BCUT2D eigenvalue weighted by Crippen LogP contribution is 2.17. The maximum absolute atomic E-state index is 10.6. The van der Waals surface area contributed by atoms with Crippen molar-refractivity contribution in [3.05, 3.63) is 28.7 Å². The highest BCUT2D eigenvalue weighted by molar-refractivity contribution is 5.77. The fraction of sp³-hybridized carbons (Fsp3) is 0.286. The van der Waals surface area contributed by atoms with Crippen LogP contribution in [-0.4, -0.2) is 33.9 Å². The third-order valence-corrected chi connectivity index (χ3v) is 1.70. The number of aliphatic hydroxyl groups is 1. The summed E-state index contributed by atoms with van der Waals surface area (Å²) in [5.41, 5.74) is -0.0403. The van der Waals surface area contributed by atoms with Crippen LogP contribution in [0.3, 0.4) is 0 Å². The Morgan fingerprint density at radius 2 is 2.40 bits per heavy atom. The van der Waals surface area contributed by atoms with Crippen molar-refractivity contribution in [2.24, 2.45) is 0 Å². The Balaban J connectivity index is 3.02. The summed E-state index contributed by atoms with van der Waals surface area (Å²) < 4.78 is 4.60. The first-order valence-electron chi connectivity index (χ1n) is 3.87. The number of nitro groups is 1. The smallest absolute Gasteiger partial charge is 0.335 e. The SMILES string of the molecule is O=C(O)[C@H](CO)N(c1ccoc1)[N+](=O)[O-]. The molecular weight excluding hydrogens is 208 g/mol. The van der Waals surface area contributed by atoms with E-state index in [1.54, 1.807) is 0 Å². The van der Waals surface area contributed by atoms with Gasteiger partial charge in [0, 0.05) is 6.07 Å². The maximum Gasteiger partial charge on any atom is 0.335 e. The number of hydrogen-bond acceptors (Lipinski definition) is 5. The molecule has 1 rings (SSSR count). The van der Waals surface area contributed by atoms with E-state index in [4.69, 9.17) is 10.2 Å². The number of aliphatic carboxylic acids is 1. The molecule has 0 aliphatic heterocycles. The Morgan fingerprint density at radius 3 is 2.73 bits per heavy atom. The summed E-state index contributed by atoms with van der Waals surface area (Å²) in [7, 11) is 0. The van der Waals surface area contributed by atoms with Crippen molar-refractivity contribution in [3.8, 4) is 0 Å². The van der Waals surface area contributed by atoms with Crippen molar-refractivity contribution in [1.29, 1.82) is 0 Å². The summed E-state index contributed by atoms with van der Waals surface area (Å²) in [6.07, 6.45) is 2.19. The number of aliphatic hydroxyl groups excluding tert-OH is 1. The molecule has 8 heteroatoms. The van der Waals surface area contributed by atoms with Crippen molar-refractivity contribution >= 4 is 11.7 Å². The number of hydrazine groups is 1. The molecular formula is C7H8N2O6. The quantitative estimate of drug-likeness (QED) is 0.513. The first-order chi connectivity index (χ1) is 7.07. The van der Waals surface area contributed by atoms with Gasteiger partial charge < -0.3 is 14.6 Å². The lowest BCUT2D eigenvalue weighted by Crippen LogP contribution is -2.47. The molecule has 1 aromatic heterocycles. The molecule has 0 saturated heterocycles. The van der Waals surface area contributed by atoms with Crippen LogP contribution in [-0.2, 0) is 4.79 Å². The predicted octanol–water partition coefficient (Wildman–Crippen LogP) is -0.277. The van der Waals surface area contributed by atoms with Gasteiger partial charge in [-0.2, -0.15) is 0 Å². The van der Waals surface area contributed by atoms with Gasteiger partial charge in [0.2, 0.25) is 6.04 Å². The zero-order valence-electron chi connectivity index (χ0n) is 7.44. The van der Waals surface area contributed by atoms with Crippen molar-refractivity contribution in [2.45, 2.75) is 6.04 Å². The summed E-state index contributed by atoms with van der Waals surface area (Å²) in [5.74, 6) is -1.49. The molecule has 0 saturated carbocycles. The number of anilines is 1. The molecule has 1 atom stereocenters. The van der Waals surface area contributed by atoms with E-state index in [-0.39, 0.29) is 5.69 Å². The molecule has 0 fully saturated rings. The summed E-state index contributed by atoms with van der Waals surface area (Å²) in [6.45, 7) is -0.874. The number of hydrogen-bond donors (Lipinski definition) is 2. The van der Waals surface area contributed by atoms with Gasteiger partial charge in [-0.15, -0.1) is 0 Å². The molecule has 82 valence electrons. The lowest BCUT2D eigenvalue weighted by Gasteiger charge is -2.17. The molecule has 8 nitrogen and oxygen atoms in total. The van der Waals surface area contributed by atoms with Gasteiger partial charge in [0.25, 0.3) is 0 Å². The fourth-order valence-electron chi connectivity index (χ4n) is 1.04. The zero-order valence-corrected chi connectivity index (χ0v) is 7.44. The molecule has 0 amide bonds. The van der Waals surface area contributed by atoms with Gasteiger partial charge in [-0.05, 0) is 0 Å². The standard InChI is InChI=1S/C7H8N2O6/c10-3-6(7(11)12)8(9(13)14)5-1-2-15-4-5/h1-2,4,6,10H,3H2,(H,11,12)/t6-/m0/s1. The van der Waals surface area contributed by atoms with E-state index in [2.05, 4.69) is 4.42 Å². The second-order valence-electron chi connectivity index (χ2n) is 2.60. The first-order valence-corrected chi connectivity index (χ1v) is 3.87. The molecule has 0 bridgehead atoms. The maximum atomic E-state index is 10.6. The van der Waals surface area contributed by atoms with Crippen molar-refractivity contribution in [2.75, 3.05) is 11.6 Å². The van der Waals surface area contributed by atoms with Gasteiger partial charge >= 0.3 is 5.97 Å². The van der Waals surface area contributed by atoms with Crippen LogP contribution in [0.5, 0.6) is 0 Å². The van der Waals surface area contributed by atoms with Crippen LogP contribution in [0.15, 0.2) is 23.0 Å². The number of carbonyl (C=O) groups is 1. The molecule has 0 aliphatic carbocycles. The molecule has 1 aromatic rings. The number of nitrogens with zero attached hydrogens (tertiary/aromatic N) is 2. The van der Waals surface area contributed by atoms with E-state index in [9.17, 15) is 14.9 Å². The molecule has 15 heavy (non-hydrogen) atoms. The van der Waals surface area contributed by atoms with Crippen LogP contribution in [0.2, 0.25) is 0 Å². The van der Waals surface area contributed by atoms with E-state index >= 15 is 0 Å². The molecule has 0 aromatic carbocycles. The molecule has 0 radical (unpaired) electrons. The van der Waals surface area contributed by atoms with Crippen molar-refractivity contribution in [3.63, 3.8) is 0 Å². The Kier molecular flexibility index (Phi) is 3.24. The van der Waals surface area contributed by atoms with E-state index in [0.29, 0.717) is 5.01 Å². The lowest BCUT2D eigenvalue weighted by atomic mass is 10.3. The average molecular weight is 216 g/mol. The molecule has 0 spiro atoms. The third-order valence-electron chi connectivity index (χ3n) is 1.70. The van der Waals surface area contributed by atoms with Crippen LogP contribution in [0.4, 0.5) is 5.69 Å². The zero-order chi connectivity index (χ0) is 11.4. The number of furan rings is 1. The van der Waals surface area contributed by atoms with Crippen molar-refractivity contribution in [1.82, 2.24) is 0 Å². The minimum absolute atomic E-state index is 0.0403. The average Bonchev–Trinajstić information content (AvgIpc) is 2.64. The van der Waals surface area contributed by atoms with Gasteiger partial charge in [0.1, 0.15) is 12.0 Å². The Labute approximate surface area is 83.5 Å². The minimum atomic E-state index is -1.64. The monoisotopic (exact) mass is 216 g/mol. The first kappa shape index (κ1) is 11.0. The van der Waals surface area contributed by atoms with E-state index in [1.165, 1.54) is 12.3 Å². The molecule has 2 N–H and O–H groups in total. The van der Waals surface area contributed by atoms with Crippen LogP contribution in [0, 0.1) is 10.1 Å². The highest BCUT2D eigenvalue weighted by Gasteiger charge is 2.34. The Morgan fingerprint density at radius 1 is 1.73 bits per heavy atom. The van der Waals surface area contributed by atoms with Gasteiger partial charge in [-0.25, -0.2) is 14.9 Å². The van der Waals surface area contributed by atoms with Gasteiger partial charge in [0.05, 0.1) is 12.9 Å². The van der Waals surface area contributed by atoms with Crippen LogP contribution in [0.1, 0.15) is 0 Å². The fourth-order valence-corrected chi connectivity index (χ4v) is 1.04. The highest BCUT2D eigenvalue weighted by atomic mass is 16.7. The minimum Gasteiger partial charge on any atom is -0.479 e. The van der Waals surface area contributed by atoms with Gasteiger partial charge in [-0.1, -0.05) is 5.01 Å². The molecule has 1 heterocycles. The largest absolute Gasteiger partial charge is 0.479 e. The van der Waals surface area contributed by atoms with Crippen molar-refractivity contribution < 1.29 is 24.5 Å². The second kappa shape index (κ2) is 4.42. The summed E-state index contributed by atoms with van der Waals surface area (Å²) >= 11 is 0. The topological polar surface area (TPSA) is 117 Å². The van der Waals surface area contributed by atoms with E-state index < -0.39 is 23.7 Å². The summed E-state index contributed by atoms with van der Waals surface area (Å²) in [6, 6.07) is -0.411. The van der Waals surface area contributed by atoms with Gasteiger partial charge in [0.15, 0.2) is 5.03 Å². The van der Waals surface area contributed by atoms with E-state index in [0.717, 1.165) is 6.26 Å². The number of carboxylic acid groups (broad SMARTS) is 1. The Hall–Kier alpha value is -2.09. The normalized spacial score (nSPS) is 12.1. The summed E-state index contributed by atoms with van der Waals surface area (Å²) in [4.78, 5) is 21.3. The molecule has 0 unspecified atom stereocenters. The van der Waals surface area contributed by atoms with Crippen LogP contribution < -0.4 is 5.01 Å². The third kappa shape index (κ3) is 2.23. The molecule has 0 aliphatic rings. The van der Waals surface area contributed by atoms with Crippen LogP contribution in [0.25, 0.3) is 0 Å². The number of rotatable bonds is 5. The van der Waals surface area contributed by atoms with E-state index in [1.807, 2.05) is 0 Å². The lowest BCUT2D eigenvalue weighted by molar-refractivity contribution is -0.499. The second-order valence-corrected chi connectivity index (χ2v) is 2.60. The van der Waals surface area contributed by atoms with Crippen LogP contribution >= 0.6 is 0 Å². The number of carboxylic acids is 1. The van der Waals surface area contributed by atoms with Gasteiger partial charge in [-0.3, -0.25) is 0 Å².